The van der Waals surface area contributed by atoms with Crippen molar-refractivity contribution >= 4 is 11.3 Å². The van der Waals surface area contributed by atoms with Gasteiger partial charge in [-0.15, -0.1) is 11.3 Å². The Morgan fingerprint density at radius 1 is 1.50 bits per heavy atom. The highest BCUT2D eigenvalue weighted by Gasteiger charge is 2.34. The lowest BCUT2D eigenvalue weighted by molar-refractivity contribution is 0.117. The molecular formula is C14H24N2OS. The van der Waals surface area contributed by atoms with E-state index in [2.05, 4.69) is 24.0 Å². The molecule has 2 N–H and O–H groups in total. The number of thiophene rings is 1. The summed E-state index contributed by atoms with van der Waals surface area (Å²) in [7, 11) is 1.77. The van der Waals surface area contributed by atoms with Crippen LogP contribution in [-0.2, 0) is 11.2 Å². The largest absolute Gasteiger partial charge is 0.383 e. The number of aryl methyl sites for hydroxylation is 1. The number of hydrogen-bond acceptors (Lipinski definition) is 4. The first-order valence-electron chi connectivity index (χ1n) is 6.83. The second-order valence-corrected chi connectivity index (χ2v) is 6.07. The van der Waals surface area contributed by atoms with Gasteiger partial charge in [-0.25, -0.2) is 0 Å². The maximum Gasteiger partial charge on any atom is 0.0590 e. The molecule has 0 radical (unpaired) electrons. The van der Waals surface area contributed by atoms with Crippen LogP contribution in [0.1, 0.15) is 35.6 Å². The smallest absolute Gasteiger partial charge is 0.0590 e. The summed E-state index contributed by atoms with van der Waals surface area (Å²) in [5, 5.41) is 0. The van der Waals surface area contributed by atoms with Gasteiger partial charge in [0.15, 0.2) is 0 Å². The number of methoxy groups -OCH3 is 1. The van der Waals surface area contributed by atoms with Crippen molar-refractivity contribution in [3.63, 3.8) is 0 Å². The van der Waals surface area contributed by atoms with Gasteiger partial charge in [0.25, 0.3) is 0 Å². The van der Waals surface area contributed by atoms with Crippen molar-refractivity contribution in [1.29, 1.82) is 0 Å². The van der Waals surface area contributed by atoms with Gasteiger partial charge in [-0.3, -0.25) is 4.90 Å². The van der Waals surface area contributed by atoms with Gasteiger partial charge in [-0.05, 0) is 31.4 Å². The maximum atomic E-state index is 6.02. The Hall–Kier alpha value is -0.420. The Balaban J connectivity index is 2.08. The summed E-state index contributed by atoms with van der Waals surface area (Å²) in [6.45, 7) is 4.68. The number of nitrogens with zero attached hydrogens (tertiary/aromatic N) is 1. The fourth-order valence-corrected chi connectivity index (χ4v) is 3.46. The number of hydrogen-bond donors (Lipinski definition) is 1. The van der Waals surface area contributed by atoms with Crippen LogP contribution >= 0.6 is 11.3 Å². The molecule has 0 aromatic carbocycles. The van der Waals surface area contributed by atoms with Gasteiger partial charge in [0, 0.05) is 36.0 Å². The zero-order valence-corrected chi connectivity index (χ0v) is 12.2. The molecule has 0 saturated heterocycles. The second-order valence-electron chi connectivity index (χ2n) is 4.87. The zero-order valence-electron chi connectivity index (χ0n) is 11.4. The van der Waals surface area contributed by atoms with Crippen LogP contribution in [-0.4, -0.2) is 37.7 Å². The summed E-state index contributed by atoms with van der Waals surface area (Å²) in [5.41, 5.74) is 6.02. The normalized spacial score (nSPS) is 17.3. The van der Waals surface area contributed by atoms with Gasteiger partial charge in [0.05, 0.1) is 12.6 Å². The topological polar surface area (TPSA) is 38.5 Å². The lowest BCUT2D eigenvalue weighted by Crippen LogP contribution is -2.37. The third kappa shape index (κ3) is 3.32. The summed E-state index contributed by atoms with van der Waals surface area (Å²) in [6.07, 6.45) is 3.74. The van der Waals surface area contributed by atoms with Gasteiger partial charge in [0.2, 0.25) is 0 Å². The van der Waals surface area contributed by atoms with E-state index in [0.29, 0.717) is 12.6 Å². The monoisotopic (exact) mass is 268 g/mol. The van der Waals surface area contributed by atoms with Crippen LogP contribution < -0.4 is 5.73 Å². The molecule has 1 unspecified atom stereocenters. The van der Waals surface area contributed by atoms with E-state index in [1.165, 1.54) is 22.6 Å². The van der Waals surface area contributed by atoms with Crippen molar-refractivity contribution in [3.05, 3.63) is 21.9 Å². The first-order valence-corrected chi connectivity index (χ1v) is 7.65. The van der Waals surface area contributed by atoms with E-state index in [0.717, 1.165) is 25.6 Å². The molecule has 2 rings (SSSR count). The van der Waals surface area contributed by atoms with E-state index in [9.17, 15) is 0 Å². The summed E-state index contributed by atoms with van der Waals surface area (Å²) in [4.78, 5) is 5.40. The van der Waals surface area contributed by atoms with Crippen LogP contribution in [0.15, 0.2) is 12.1 Å². The van der Waals surface area contributed by atoms with Crippen LogP contribution in [0.2, 0.25) is 0 Å². The second kappa shape index (κ2) is 6.66. The number of ether oxygens (including phenoxy) is 1. The van der Waals surface area contributed by atoms with E-state index in [1.807, 2.05) is 11.3 Å². The predicted molar refractivity (Wildman–Crippen MR) is 77.1 cm³/mol. The molecule has 1 aromatic rings. The molecule has 0 amide bonds. The standard InChI is InChI=1S/C14H24N2OS/c1-3-12-6-7-14(18-12)13(10-15)16(8-9-17-2)11-4-5-11/h6-7,11,13H,3-5,8-10,15H2,1-2H3. The molecule has 4 heteroatoms. The molecule has 0 bridgehead atoms. The zero-order chi connectivity index (χ0) is 13.0. The highest BCUT2D eigenvalue weighted by molar-refractivity contribution is 7.12. The van der Waals surface area contributed by atoms with Gasteiger partial charge >= 0.3 is 0 Å². The molecule has 1 atom stereocenters. The van der Waals surface area contributed by atoms with Gasteiger partial charge < -0.3 is 10.5 Å². The Morgan fingerprint density at radius 2 is 2.28 bits per heavy atom. The fourth-order valence-electron chi connectivity index (χ4n) is 2.37. The Kier molecular flexibility index (Phi) is 5.18. The predicted octanol–water partition coefficient (Wildman–Crippen LogP) is 2.42. The lowest BCUT2D eigenvalue weighted by atomic mass is 10.2. The Labute approximate surface area is 114 Å². The molecule has 0 aliphatic heterocycles. The molecule has 102 valence electrons. The van der Waals surface area contributed by atoms with Crippen molar-refractivity contribution in [1.82, 2.24) is 4.90 Å². The molecule has 1 aliphatic carbocycles. The Morgan fingerprint density at radius 3 is 2.78 bits per heavy atom. The molecule has 3 nitrogen and oxygen atoms in total. The number of nitrogens with two attached hydrogens (primary N) is 1. The van der Waals surface area contributed by atoms with Crippen molar-refractivity contribution in [3.8, 4) is 0 Å². The van der Waals surface area contributed by atoms with Gasteiger partial charge in [0.1, 0.15) is 0 Å². The molecular weight excluding hydrogens is 244 g/mol. The van der Waals surface area contributed by atoms with E-state index in [4.69, 9.17) is 10.5 Å². The van der Waals surface area contributed by atoms with Crippen molar-refractivity contribution in [2.45, 2.75) is 38.3 Å². The maximum absolute atomic E-state index is 6.02. The number of rotatable bonds is 8. The third-order valence-corrected chi connectivity index (χ3v) is 4.88. The van der Waals surface area contributed by atoms with Crippen LogP contribution in [0.4, 0.5) is 0 Å². The molecule has 1 aliphatic rings. The van der Waals surface area contributed by atoms with E-state index >= 15 is 0 Å². The summed E-state index contributed by atoms with van der Waals surface area (Å²) < 4.78 is 5.23. The van der Waals surface area contributed by atoms with Crippen molar-refractivity contribution in [2.75, 3.05) is 26.8 Å². The molecule has 1 fully saturated rings. The minimum atomic E-state index is 0.373. The lowest BCUT2D eigenvalue weighted by Gasteiger charge is -2.30. The summed E-state index contributed by atoms with van der Waals surface area (Å²) in [6, 6.07) is 5.59. The van der Waals surface area contributed by atoms with E-state index < -0.39 is 0 Å². The van der Waals surface area contributed by atoms with Crippen LogP contribution in [0.25, 0.3) is 0 Å². The first kappa shape index (κ1) is 14.0. The van der Waals surface area contributed by atoms with Crippen LogP contribution in [0, 0.1) is 0 Å². The molecule has 1 heterocycles. The minimum Gasteiger partial charge on any atom is -0.383 e. The fraction of sp³-hybridized carbons (Fsp3) is 0.714. The minimum absolute atomic E-state index is 0.373. The van der Waals surface area contributed by atoms with Gasteiger partial charge in [-0.2, -0.15) is 0 Å². The molecule has 18 heavy (non-hydrogen) atoms. The van der Waals surface area contributed by atoms with Gasteiger partial charge in [-0.1, -0.05) is 6.92 Å². The van der Waals surface area contributed by atoms with Crippen LogP contribution in [0.5, 0.6) is 0 Å². The SMILES string of the molecule is CCc1ccc(C(CN)N(CCOC)C2CC2)s1. The Bertz CT molecular complexity index is 362. The molecule has 1 saturated carbocycles. The van der Waals surface area contributed by atoms with E-state index in [1.54, 1.807) is 7.11 Å². The third-order valence-electron chi connectivity index (χ3n) is 3.55. The van der Waals surface area contributed by atoms with Crippen molar-refractivity contribution < 1.29 is 4.74 Å². The first-order chi connectivity index (χ1) is 8.80. The molecule has 1 aromatic heterocycles. The van der Waals surface area contributed by atoms with Crippen LogP contribution in [0.3, 0.4) is 0 Å². The summed E-state index contributed by atoms with van der Waals surface area (Å²) >= 11 is 1.91. The van der Waals surface area contributed by atoms with E-state index in [-0.39, 0.29) is 0 Å². The highest BCUT2D eigenvalue weighted by Crippen LogP contribution is 2.36. The average Bonchev–Trinajstić information content (AvgIpc) is 3.12. The molecule has 0 spiro atoms. The summed E-state index contributed by atoms with van der Waals surface area (Å²) in [5.74, 6) is 0. The highest BCUT2D eigenvalue weighted by atomic mass is 32.1. The van der Waals surface area contributed by atoms with Crippen molar-refractivity contribution in [2.24, 2.45) is 5.73 Å². The average molecular weight is 268 g/mol. The quantitative estimate of drug-likeness (QED) is 0.787.